The summed E-state index contributed by atoms with van der Waals surface area (Å²) in [5, 5.41) is 3.62. The van der Waals surface area contributed by atoms with E-state index in [1.165, 1.54) is 0 Å². The van der Waals surface area contributed by atoms with Crippen molar-refractivity contribution >= 4 is 34.0 Å². The molecule has 0 radical (unpaired) electrons. The van der Waals surface area contributed by atoms with Gasteiger partial charge in [-0.3, -0.25) is 9.00 Å². The first-order valence-electron chi connectivity index (χ1n) is 10.1. The van der Waals surface area contributed by atoms with E-state index in [-0.39, 0.29) is 5.91 Å². The van der Waals surface area contributed by atoms with Crippen LogP contribution < -0.4 is 5.32 Å². The Kier molecular flexibility index (Phi) is 6.31. The molecule has 0 aliphatic heterocycles. The van der Waals surface area contributed by atoms with Gasteiger partial charge in [-0.15, -0.1) is 0 Å². The van der Waals surface area contributed by atoms with Crippen molar-refractivity contribution < 1.29 is 9.00 Å². The normalized spacial score (nSPS) is 11.9. The van der Waals surface area contributed by atoms with Crippen molar-refractivity contribution in [3.63, 3.8) is 0 Å². The van der Waals surface area contributed by atoms with E-state index in [0.717, 1.165) is 33.1 Å². The van der Waals surface area contributed by atoms with Crippen LogP contribution in [0.25, 0.3) is 16.8 Å². The standard InChI is InChI=1S/C26H23ClN2O2S/c1-17-15-24(26(30)28-21-11-13-22(14-12-21)32(3)31)18(2)29(17)25-10-5-4-9-23(25)19-7-6-8-20(27)16-19/h4-16H,1-3H3,(H,28,30). The first kappa shape index (κ1) is 22.1. The number of aromatic nitrogens is 1. The van der Waals surface area contributed by atoms with Crippen LogP contribution >= 0.6 is 11.6 Å². The average molecular weight is 463 g/mol. The summed E-state index contributed by atoms with van der Waals surface area (Å²) in [5.41, 5.74) is 6.10. The van der Waals surface area contributed by atoms with Gasteiger partial charge >= 0.3 is 0 Å². The lowest BCUT2D eigenvalue weighted by Gasteiger charge is -2.15. The molecular weight excluding hydrogens is 440 g/mol. The minimum absolute atomic E-state index is 0.185. The number of halogens is 1. The summed E-state index contributed by atoms with van der Waals surface area (Å²) in [5.74, 6) is -0.185. The van der Waals surface area contributed by atoms with Crippen LogP contribution in [0.5, 0.6) is 0 Å². The molecule has 1 heterocycles. The minimum atomic E-state index is -1.05. The maximum Gasteiger partial charge on any atom is 0.257 e. The van der Waals surface area contributed by atoms with Crippen LogP contribution in [-0.4, -0.2) is 20.9 Å². The van der Waals surface area contributed by atoms with Crippen LogP contribution in [-0.2, 0) is 10.8 Å². The molecule has 0 saturated heterocycles. The summed E-state index contributed by atoms with van der Waals surface area (Å²) < 4.78 is 13.7. The van der Waals surface area contributed by atoms with Gasteiger partial charge in [0.2, 0.25) is 0 Å². The Balaban J connectivity index is 1.70. The molecule has 4 nitrogen and oxygen atoms in total. The third kappa shape index (κ3) is 4.40. The summed E-state index contributed by atoms with van der Waals surface area (Å²) in [4.78, 5) is 13.8. The van der Waals surface area contributed by atoms with Gasteiger partial charge < -0.3 is 9.88 Å². The number of para-hydroxylation sites is 1. The van der Waals surface area contributed by atoms with Crippen LogP contribution in [0.3, 0.4) is 0 Å². The average Bonchev–Trinajstić information content (AvgIpc) is 3.08. The number of rotatable bonds is 5. The Morgan fingerprint density at radius 1 is 0.938 bits per heavy atom. The molecule has 3 aromatic carbocycles. The lowest BCUT2D eigenvalue weighted by Crippen LogP contribution is -2.13. The predicted octanol–water partition coefficient (Wildman–Crippen LogP) is 6.40. The topological polar surface area (TPSA) is 51.1 Å². The Morgan fingerprint density at radius 3 is 2.34 bits per heavy atom. The zero-order valence-corrected chi connectivity index (χ0v) is 19.6. The van der Waals surface area contributed by atoms with Gasteiger partial charge in [0.1, 0.15) is 0 Å². The lowest BCUT2D eigenvalue weighted by atomic mass is 10.0. The maximum absolute atomic E-state index is 13.0. The van der Waals surface area contributed by atoms with Crippen molar-refractivity contribution in [1.29, 1.82) is 0 Å². The number of amides is 1. The van der Waals surface area contributed by atoms with Gasteiger partial charge in [0.15, 0.2) is 0 Å². The number of benzene rings is 3. The number of carbonyl (C=O) groups excluding carboxylic acids is 1. The number of nitrogens with one attached hydrogen (secondary N) is 1. The van der Waals surface area contributed by atoms with Crippen molar-refractivity contribution in [2.45, 2.75) is 18.7 Å². The molecule has 1 N–H and O–H groups in total. The highest BCUT2D eigenvalue weighted by Gasteiger charge is 2.19. The van der Waals surface area contributed by atoms with E-state index in [1.54, 1.807) is 30.5 Å². The zero-order valence-electron chi connectivity index (χ0n) is 18.1. The Bertz CT molecular complexity index is 1330. The molecule has 0 bridgehead atoms. The van der Waals surface area contributed by atoms with E-state index in [0.29, 0.717) is 16.3 Å². The SMILES string of the molecule is Cc1cc(C(=O)Nc2ccc(S(C)=O)cc2)c(C)n1-c1ccccc1-c1cccc(Cl)c1. The number of anilines is 1. The van der Waals surface area contributed by atoms with E-state index >= 15 is 0 Å². The van der Waals surface area contributed by atoms with Crippen LogP contribution in [0.2, 0.25) is 5.02 Å². The van der Waals surface area contributed by atoms with Gasteiger partial charge in [0.05, 0.1) is 11.3 Å². The highest BCUT2D eigenvalue weighted by Crippen LogP contribution is 2.32. The molecule has 4 rings (SSSR count). The molecule has 0 aliphatic carbocycles. The zero-order chi connectivity index (χ0) is 22.8. The maximum atomic E-state index is 13.0. The molecule has 0 spiro atoms. The molecule has 1 atom stereocenters. The second-order valence-electron chi connectivity index (χ2n) is 7.58. The van der Waals surface area contributed by atoms with Gasteiger partial charge in [-0.1, -0.05) is 41.9 Å². The largest absolute Gasteiger partial charge is 0.322 e. The van der Waals surface area contributed by atoms with Gasteiger partial charge in [-0.25, -0.2) is 0 Å². The van der Waals surface area contributed by atoms with Gasteiger partial charge in [0, 0.05) is 49.6 Å². The van der Waals surface area contributed by atoms with E-state index in [9.17, 15) is 9.00 Å². The minimum Gasteiger partial charge on any atom is -0.322 e. The molecule has 162 valence electrons. The molecule has 32 heavy (non-hydrogen) atoms. The molecule has 0 fully saturated rings. The number of nitrogens with zero attached hydrogens (tertiary/aromatic N) is 1. The first-order chi connectivity index (χ1) is 15.3. The van der Waals surface area contributed by atoms with Crippen molar-refractivity contribution in [2.75, 3.05) is 11.6 Å². The van der Waals surface area contributed by atoms with Crippen molar-refractivity contribution in [2.24, 2.45) is 0 Å². The van der Waals surface area contributed by atoms with Gasteiger partial charge in [-0.05, 0) is 67.9 Å². The van der Waals surface area contributed by atoms with Crippen molar-refractivity contribution in [3.8, 4) is 16.8 Å². The molecule has 0 saturated carbocycles. The summed E-state index contributed by atoms with van der Waals surface area (Å²) in [7, 11) is -1.05. The number of hydrogen-bond acceptors (Lipinski definition) is 2. The highest BCUT2D eigenvalue weighted by molar-refractivity contribution is 7.84. The van der Waals surface area contributed by atoms with E-state index < -0.39 is 10.8 Å². The van der Waals surface area contributed by atoms with E-state index in [4.69, 9.17) is 11.6 Å². The summed E-state index contributed by atoms with van der Waals surface area (Å²) >= 11 is 6.23. The fraction of sp³-hybridized carbons (Fsp3) is 0.115. The fourth-order valence-electron chi connectivity index (χ4n) is 3.86. The van der Waals surface area contributed by atoms with E-state index in [2.05, 4.69) is 16.0 Å². The number of hydrogen-bond donors (Lipinski definition) is 1. The molecule has 1 unspecified atom stereocenters. The Morgan fingerprint density at radius 2 is 1.66 bits per heavy atom. The summed E-state index contributed by atoms with van der Waals surface area (Å²) in [6.45, 7) is 3.93. The summed E-state index contributed by atoms with van der Waals surface area (Å²) in [6.07, 6.45) is 1.63. The van der Waals surface area contributed by atoms with Gasteiger partial charge in [-0.2, -0.15) is 0 Å². The Hall–Kier alpha value is -3.15. The predicted molar refractivity (Wildman–Crippen MR) is 132 cm³/mol. The third-order valence-electron chi connectivity index (χ3n) is 5.40. The smallest absolute Gasteiger partial charge is 0.257 e. The number of carbonyl (C=O) groups is 1. The van der Waals surface area contributed by atoms with Crippen LogP contribution in [0.15, 0.2) is 83.8 Å². The van der Waals surface area contributed by atoms with Crippen LogP contribution in [0.4, 0.5) is 5.69 Å². The molecule has 6 heteroatoms. The molecule has 4 aromatic rings. The Labute approximate surface area is 195 Å². The lowest BCUT2D eigenvalue weighted by molar-refractivity contribution is 0.102. The molecule has 1 aromatic heterocycles. The van der Waals surface area contributed by atoms with Crippen molar-refractivity contribution in [1.82, 2.24) is 4.57 Å². The second-order valence-corrected chi connectivity index (χ2v) is 9.40. The quantitative estimate of drug-likeness (QED) is 0.373. The van der Waals surface area contributed by atoms with Crippen LogP contribution in [0.1, 0.15) is 21.7 Å². The van der Waals surface area contributed by atoms with Crippen LogP contribution in [0, 0.1) is 13.8 Å². The molecule has 1 amide bonds. The van der Waals surface area contributed by atoms with Crippen molar-refractivity contribution in [3.05, 3.63) is 101 Å². The monoisotopic (exact) mass is 462 g/mol. The third-order valence-corrected chi connectivity index (χ3v) is 6.57. The van der Waals surface area contributed by atoms with Gasteiger partial charge in [0.25, 0.3) is 5.91 Å². The molecular formula is C26H23ClN2O2S. The highest BCUT2D eigenvalue weighted by atomic mass is 35.5. The molecule has 0 aliphatic rings. The fourth-order valence-corrected chi connectivity index (χ4v) is 4.57. The number of aryl methyl sites for hydroxylation is 1. The first-order valence-corrected chi connectivity index (χ1v) is 12.1. The second kappa shape index (κ2) is 9.15. The van der Waals surface area contributed by atoms with E-state index in [1.807, 2.05) is 62.4 Å². The summed E-state index contributed by atoms with van der Waals surface area (Å²) in [6, 6.07) is 24.8.